The Kier molecular flexibility index (Phi) is 13.1. The van der Waals surface area contributed by atoms with Crippen LogP contribution in [0.1, 0.15) is 65.6 Å². The molecule has 0 aliphatic heterocycles. The molecule has 2 atom stereocenters. The Hall–Kier alpha value is -2.80. The number of halogens is 1. The third-order valence-electron chi connectivity index (χ3n) is 7.00. The smallest absolute Gasteiger partial charge is 0.328 e. The molecule has 1 N–H and O–H groups in total. The number of nitrogens with one attached hydrogen (secondary N) is 1. The average molecular weight is 582 g/mol. The van der Waals surface area contributed by atoms with Crippen LogP contribution in [-0.4, -0.2) is 43.6 Å². The Bertz CT molecular complexity index is 1260. The molecule has 3 aromatic rings. The fraction of sp³-hybridized carbons (Fsp3) is 0.394. The number of benzene rings is 3. The minimum Gasteiger partial charge on any atom is -0.467 e. The molecule has 214 valence electrons. The monoisotopic (exact) mass is 581 g/mol. The lowest BCUT2D eigenvalue weighted by atomic mass is 9.93. The van der Waals surface area contributed by atoms with E-state index >= 15 is 0 Å². The first kappa shape index (κ1) is 31.7. The van der Waals surface area contributed by atoms with Crippen LogP contribution in [0.4, 0.5) is 0 Å². The zero-order valence-corrected chi connectivity index (χ0v) is 25.4. The van der Waals surface area contributed by atoms with Gasteiger partial charge in [0.15, 0.2) is 0 Å². The molecular formula is C33H40ClNO4S. The molecule has 1 amide bonds. The molecule has 0 heterocycles. The van der Waals surface area contributed by atoms with Crippen molar-refractivity contribution in [2.24, 2.45) is 0 Å². The standard InChI is InChI=1S/C33H40ClNO4S/c1-5-6-12-25(27-14-9-10-15-30(27)34)22-39-21-24-16-17-28(29(20-24)26-13-8-7-11-23(26)2)32(36)35-31(18-19-40-4)33(37)38-3/h7-11,13-17,20,25,31H,5-6,12,18-19,21-22H2,1-4H3,(H,35,36)/t25?,31-/m0/s1. The molecule has 0 saturated carbocycles. The zero-order chi connectivity index (χ0) is 28.9. The minimum absolute atomic E-state index is 0.214. The number of carbonyl (C=O) groups excluding carboxylic acids is 2. The van der Waals surface area contributed by atoms with E-state index in [1.54, 1.807) is 11.8 Å². The average Bonchev–Trinajstić information content (AvgIpc) is 2.97. The van der Waals surface area contributed by atoms with Crippen LogP contribution in [0.15, 0.2) is 66.7 Å². The molecule has 0 bridgehead atoms. The van der Waals surface area contributed by atoms with E-state index in [2.05, 4.69) is 18.3 Å². The number of unbranched alkanes of at least 4 members (excludes halogenated alkanes) is 1. The van der Waals surface area contributed by atoms with Crippen molar-refractivity contribution in [3.05, 3.63) is 94.0 Å². The van der Waals surface area contributed by atoms with Crippen LogP contribution >= 0.6 is 23.4 Å². The van der Waals surface area contributed by atoms with Gasteiger partial charge in [0.25, 0.3) is 5.91 Å². The number of thioether (sulfide) groups is 1. The van der Waals surface area contributed by atoms with Crippen LogP contribution in [0.25, 0.3) is 11.1 Å². The van der Waals surface area contributed by atoms with Gasteiger partial charge in [-0.1, -0.05) is 79.9 Å². The molecule has 0 fully saturated rings. The van der Waals surface area contributed by atoms with Crippen molar-refractivity contribution in [3.63, 3.8) is 0 Å². The highest BCUT2D eigenvalue weighted by molar-refractivity contribution is 7.98. The Balaban J connectivity index is 1.84. The second-order valence-corrected chi connectivity index (χ2v) is 11.3. The third-order valence-corrected chi connectivity index (χ3v) is 7.99. The van der Waals surface area contributed by atoms with Crippen molar-refractivity contribution in [3.8, 4) is 11.1 Å². The van der Waals surface area contributed by atoms with Crippen LogP contribution < -0.4 is 5.32 Å². The van der Waals surface area contributed by atoms with Crippen molar-refractivity contribution < 1.29 is 19.1 Å². The molecule has 0 radical (unpaired) electrons. The number of ether oxygens (including phenoxy) is 2. The van der Waals surface area contributed by atoms with Crippen molar-refractivity contribution in [1.82, 2.24) is 5.32 Å². The predicted molar refractivity (Wildman–Crippen MR) is 166 cm³/mol. The van der Waals surface area contributed by atoms with Gasteiger partial charge in [-0.15, -0.1) is 0 Å². The highest BCUT2D eigenvalue weighted by Crippen LogP contribution is 2.31. The molecule has 0 spiro atoms. The maximum absolute atomic E-state index is 13.5. The summed E-state index contributed by atoms with van der Waals surface area (Å²) in [6.07, 6.45) is 5.68. The number of carbonyl (C=O) groups is 2. The zero-order valence-electron chi connectivity index (χ0n) is 23.9. The van der Waals surface area contributed by atoms with Crippen LogP contribution in [0.2, 0.25) is 5.02 Å². The van der Waals surface area contributed by atoms with E-state index in [0.29, 0.717) is 25.2 Å². The van der Waals surface area contributed by atoms with Gasteiger partial charge in [-0.2, -0.15) is 11.8 Å². The summed E-state index contributed by atoms with van der Waals surface area (Å²) in [5, 5.41) is 3.67. The maximum Gasteiger partial charge on any atom is 0.328 e. The van der Waals surface area contributed by atoms with E-state index in [1.807, 2.05) is 73.8 Å². The highest BCUT2D eigenvalue weighted by Gasteiger charge is 2.24. The maximum atomic E-state index is 13.5. The Labute approximate surface area is 248 Å². The lowest BCUT2D eigenvalue weighted by Crippen LogP contribution is -2.42. The number of esters is 1. The molecule has 0 saturated heterocycles. The third kappa shape index (κ3) is 8.85. The Morgan fingerprint density at radius 3 is 2.45 bits per heavy atom. The fourth-order valence-corrected chi connectivity index (χ4v) is 5.51. The summed E-state index contributed by atoms with van der Waals surface area (Å²) < 4.78 is 11.2. The number of hydrogen-bond acceptors (Lipinski definition) is 5. The predicted octanol–water partition coefficient (Wildman–Crippen LogP) is 7.83. The first-order chi connectivity index (χ1) is 19.4. The molecule has 5 nitrogen and oxygen atoms in total. The van der Waals surface area contributed by atoms with Crippen molar-refractivity contribution >= 4 is 35.2 Å². The van der Waals surface area contributed by atoms with Gasteiger partial charge in [0, 0.05) is 16.5 Å². The van der Waals surface area contributed by atoms with Crippen molar-refractivity contribution in [2.75, 3.05) is 25.7 Å². The number of aryl methyl sites for hydroxylation is 1. The Morgan fingerprint density at radius 2 is 1.75 bits per heavy atom. The lowest BCUT2D eigenvalue weighted by molar-refractivity contribution is -0.142. The summed E-state index contributed by atoms with van der Waals surface area (Å²) in [6, 6.07) is 21.0. The number of amides is 1. The highest BCUT2D eigenvalue weighted by atomic mass is 35.5. The molecule has 7 heteroatoms. The molecule has 3 aromatic carbocycles. The van der Waals surface area contributed by atoms with E-state index in [0.717, 1.165) is 57.9 Å². The summed E-state index contributed by atoms with van der Waals surface area (Å²) >= 11 is 8.13. The van der Waals surface area contributed by atoms with Crippen molar-refractivity contribution in [2.45, 2.75) is 58.1 Å². The van der Waals surface area contributed by atoms with Crippen LogP contribution in [0.5, 0.6) is 0 Å². The summed E-state index contributed by atoms with van der Waals surface area (Å²) in [6.45, 7) is 5.18. The second kappa shape index (κ2) is 16.5. The van der Waals surface area contributed by atoms with Gasteiger partial charge in [0.2, 0.25) is 0 Å². The summed E-state index contributed by atoms with van der Waals surface area (Å²) in [5.74, 6) is 0.196. The Morgan fingerprint density at radius 1 is 1.00 bits per heavy atom. The van der Waals surface area contributed by atoms with Gasteiger partial charge in [-0.25, -0.2) is 4.79 Å². The van der Waals surface area contributed by atoms with Gasteiger partial charge in [0.1, 0.15) is 6.04 Å². The number of hydrogen-bond donors (Lipinski definition) is 1. The van der Waals surface area contributed by atoms with Crippen LogP contribution in [-0.2, 0) is 20.9 Å². The summed E-state index contributed by atoms with van der Waals surface area (Å²) in [4.78, 5) is 25.8. The van der Waals surface area contributed by atoms with E-state index in [9.17, 15) is 9.59 Å². The normalized spacial score (nSPS) is 12.5. The van der Waals surface area contributed by atoms with E-state index in [4.69, 9.17) is 21.1 Å². The van der Waals surface area contributed by atoms with Crippen LogP contribution in [0, 0.1) is 6.92 Å². The lowest BCUT2D eigenvalue weighted by Gasteiger charge is -2.20. The van der Waals surface area contributed by atoms with Gasteiger partial charge >= 0.3 is 5.97 Å². The van der Waals surface area contributed by atoms with Gasteiger partial charge < -0.3 is 14.8 Å². The van der Waals surface area contributed by atoms with E-state index in [-0.39, 0.29) is 11.8 Å². The second-order valence-electron chi connectivity index (χ2n) is 9.90. The fourth-order valence-electron chi connectivity index (χ4n) is 4.74. The molecule has 3 rings (SSSR count). The first-order valence-corrected chi connectivity index (χ1v) is 15.5. The molecule has 0 aromatic heterocycles. The van der Waals surface area contributed by atoms with Crippen molar-refractivity contribution in [1.29, 1.82) is 0 Å². The molecule has 0 aliphatic rings. The molecular weight excluding hydrogens is 542 g/mol. The van der Waals surface area contributed by atoms with E-state index in [1.165, 1.54) is 7.11 Å². The van der Waals surface area contributed by atoms with Gasteiger partial charge in [-0.05, 0) is 77.8 Å². The number of rotatable bonds is 15. The molecule has 40 heavy (non-hydrogen) atoms. The summed E-state index contributed by atoms with van der Waals surface area (Å²) in [5.41, 5.74) is 5.42. The minimum atomic E-state index is -0.706. The number of methoxy groups -OCH3 is 1. The molecule has 1 unspecified atom stereocenters. The van der Waals surface area contributed by atoms with Gasteiger partial charge in [-0.3, -0.25) is 4.79 Å². The van der Waals surface area contributed by atoms with Crippen LogP contribution in [0.3, 0.4) is 0 Å². The quantitative estimate of drug-likeness (QED) is 0.185. The van der Waals surface area contributed by atoms with E-state index < -0.39 is 12.0 Å². The topological polar surface area (TPSA) is 64.6 Å². The SMILES string of the molecule is CCCCC(COCc1ccc(C(=O)N[C@@H](CCSC)C(=O)OC)c(-c2ccccc2C)c1)c1ccccc1Cl. The summed E-state index contributed by atoms with van der Waals surface area (Å²) in [7, 11) is 1.34. The largest absolute Gasteiger partial charge is 0.467 e. The van der Waals surface area contributed by atoms with Gasteiger partial charge in [0.05, 0.1) is 20.3 Å². The molecule has 0 aliphatic carbocycles. The first-order valence-electron chi connectivity index (χ1n) is 13.8.